The van der Waals surface area contributed by atoms with Gasteiger partial charge in [-0.25, -0.2) is 4.98 Å². The second-order valence-corrected chi connectivity index (χ2v) is 4.44. The van der Waals surface area contributed by atoms with E-state index in [9.17, 15) is 0 Å². The van der Waals surface area contributed by atoms with E-state index in [1.54, 1.807) is 12.3 Å². The monoisotopic (exact) mass is 258 g/mol. The van der Waals surface area contributed by atoms with Crippen LogP contribution < -0.4 is 15.8 Å². The van der Waals surface area contributed by atoms with Crippen LogP contribution in [-0.2, 0) is 6.54 Å². The number of nitrogens with two attached hydrogens (primary N) is 1. The van der Waals surface area contributed by atoms with Crippen molar-refractivity contribution >= 4 is 11.6 Å². The average Bonchev–Trinajstić information content (AvgIpc) is 2.37. The zero-order chi connectivity index (χ0) is 13.7. The first kappa shape index (κ1) is 13.1. The Labute approximate surface area is 112 Å². The molecule has 5 heteroatoms. The number of hydrogen-bond acceptors (Lipinski definition) is 5. The molecule has 1 aromatic heterocycles. The van der Waals surface area contributed by atoms with E-state index in [-0.39, 0.29) is 6.10 Å². The lowest BCUT2D eigenvalue weighted by Crippen LogP contribution is -2.09. The first-order valence-corrected chi connectivity index (χ1v) is 6.22. The highest BCUT2D eigenvalue weighted by atomic mass is 16.5. The van der Waals surface area contributed by atoms with E-state index in [2.05, 4.69) is 15.3 Å². The fourth-order valence-corrected chi connectivity index (χ4v) is 1.60. The van der Waals surface area contributed by atoms with Crippen molar-refractivity contribution in [2.75, 3.05) is 11.1 Å². The number of aromatic nitrogens is 2. The molecule has 100 valence electrons. The van der Waals surface area contributed by atoms with E-state index >= 15 is 0 Å². The van der Waals surface area contributed by atoms with Gasteiger partial charge in [0.2, 0.25) is 11.8 Å². The highest BCUT2D eigenvalue weighted by Crippen LogP contribution is 2.14. The van der Waals surface area contributed by atoms with E-state index in [1.165, 1.54) is 0 Å². The minimum atomic E-state index is 0.0903. The van der Waals surface area contributed by atoms with Gasteiger partial charge >= 0.3 is 0 Å². The molecule has 5 nitrogen and oxygen atoms in total. The number of benzene rings is 1. The zero-order valence-electron chi connectivity index (χ0n) is 11.1. The summed E-state index contributed by atoms with van der Waals surface area (Å²) in [6, 6.07) is 9.44. The van der Waals surface area contributed by atoms with Gasteiger partial charge in [-0.3, -0.25) is 0 Å². The predicted molar refractivity (Wildman–Crippen MR) is 76.0 cm³/mol. The van der Waals surface area contributed by atoms with Crippen molar-refractivity contribution in [3.05, 3.63) is 42.1 Å². The third-order valence-corrected chi connectivity index (χ3v) is 2.48. The summed E-state index contributed by atoms with van der Waals surface area (Å²) in [7, 11) is 0. The summed E-state index contributed by atoms with van der Waals surface area (Å²) >= 11 is 0. The number of nitrogens with one attached hydrogen (secondary N) is 1. The Balaban J connectivity index is 2.02. The second-order valence-electron chi connectivity index (χ2n) is 4.44. The first-order valence-electron chi connectivity index (χ1n) is 6.22. The maximum atomic E-state index is 5.87. The molecule has 0 aliphatic carbocycles. The minimum absolute atomic E-state index is 0.0903. The van der Waals surface area contributed by atoms with Crippen LogP contribution in [0.1, 0.15) is 19.4 Å². The molecule has 0 spiro atoms. The maximum absolute atomic E-state index is 5.87. The summed E-state index contributed by atoms with van der Waals surface area (Å²) in [5.41, 5.74) is 7.64. The van der Waals surface area contributed by atoms with Gasteiger partial charge in [0.25, 0.3) is 0 Å². The number of hydrogen-bond donors (Lipinski definition) is 2. The standard InChI is InChI=1S/C14H18N4O/c1-10(2)19-13-7-8-16-14(18-13)17-9-11-5-3-4-6-12(11)15/h3-8,10H,9,15H2,1-2H3,(H,16,17,18). The summed E-state index contributed by atoms with van der Waals surface area (Å²) in [6.07, 6.45) is 1.76. The highest BCUT2D eigenvalue weighted by Gasteiger charge is 2.03. The van der Waals surface area contributed by atoms with Crippen LogP contribution in [0.5, 0.6) is 5.88 Å². The Hall–Kier alpha value is -2.30. The molecule has 0 unspecified atom stereocenters. The fraction of sp³-hybridized carbons (Fsp3) is 0.286. The van der Waals surface area contributed by atoms with E-state index < -0.39 is 0 Å². The van der Waals surface area contributed by atoms with Crippen molar-refractivity contribution < 1.29 is 4.74 Å². The van der Waals surface area contributed by atoms with E-state index in [0.29, 0.717) is 18.4 Å². The molecule has 0 aliphatic heterocycles. The van der Waals surface area contributed by atoms with Crippen LogP contribution >= 0.6 is 0 Å². The lowest BCUT2D eigenvalue weighted by Gasteiger charge is -2.10. The Kier molecular flexibility index (Phi) is 4.18. The molecule has 1 heterocycles. The van der Waals surface area contributed by atoms with Crippen LogP contribution in [0.15, 0.2) is 36.5 Å². The van der Waals surface area contributed by atoms with Crippen LogP contribution in [0.25, 0.3) is 0 Å². The van der Waals surface area contributed by atoms with Crippen LogP contribution in [0, 0.1) is 0 Å². The third kappa shape index (κ3) is 3.84. The number of nitrogen functional groups attached to an aromatic ring is 1. The van der Waals surface area contributed by atoms with Gasteiger partial charge in [-0.05, 0) is 25.5 Å². The van der Waals surface area contributed by atoms with Crippen molar-refractivity contribution in [3.8, 4) is 5.88 Å². The lowest BCUT2D eigenvalue weighted by atomic mass is 10.2. The van der Waals surface area contributed by atoms with Crippen molar-refractivity contribution in [2.24, 2.45) is 0 Å². The van der Waals surface area contributed by atoms with Crippen molar-refractivity contribution in [1.82, 2.24) is 9.97 Å². The third-order valence-electron chi connectivity index (χ3n) is 2.48. The van der Waals surface area contributed by atoms with Gasteiger partial charge < -0.3 is 15.8 Å². The van der Waals surface area contributed by atoms with E-state index in [0.717, 1.165) is 11.3 Å². The molecule has 0 radical (unpaired) electrons. The SMILES string of the molecule is CC(C)Oc1ccnc(NCc2ccccc2N)n1. The van der Waals surface area contributed by atoms with Gasteiger partial charge in [0.05, 0.1) is 6.10 Å². The molecule has 3 N–H and O–H groups in total. The number of anilines is 2. The van der Waals surface area contributed by atoms with Gasteiger partial charge in [-0.15, -0.1) is 0 Å². The summed E-state index contributed by atoms with van der Waals surface area (Å²) in [5.74, 6) is 1.09. The van der Waals surface area contributed by atoms with E-state index in [1.807, 2.05) is 38.1 Å². The predicted octanol–water partition coefficient (Wildman–Crippen LogP) is 2.46. The Morgan fingerprint density at radius 1 is 1.26 bits per heavy atom. The van der Waals surface area contributed by atoms with Gasteiger partial charge in [0.1, 0.15) is 0 Å². The fourth-order valence-electron chi connectivity index (χ4n) is 1.60. The molecular weight excluding hydrogens is 240 g/mol. The van der Waals surface area contributed by atoms with Crippen molar-refractivity contribution in [2.45, 2.75) is 26.5 Å². The average molecular weight is 258 g/mol. The molecule has 0 fully saturated rings. The number of para-hydroxylation sites is 1. The quantitative estimate of drug-likeness (QED) is 0.806. The lowest BCUT2D eigenvalue weighted by molar-refractivity contribution is 0.232. The molecule has 0 saturated carbocycles. The summed E-state index contributed by atoms with van der Waals surface area (Å²) in [6.45, 7) is 4.50. The second kappa shape index (κ2) is 6.04. The highest BCUT2D eigenvalue weighted by molar-refractivity contribution is 5.47. The Morgan fingerprint density at radius 3 is 2.79 bits per heavy atom. The molecule has 0 atom stereocenters. The molecule has 19 heavy (non-hydrogen) atoms. The minimum Gasteiger partial charge on any atom is -0.475 e. The summed E-state index contributed by atoms with van der Waals surface area (Å²) in [5, 5.41) is 3.13. The summed E-state index contributed by atoms with van der Waals surface area (Å²) in [4.78, 5) is 8.42. The summed E-state index contributed by atoms with van der Waals surface area (Å²) < 4.78 is 5.51. The number of rotatable bonds is 5. The van der Waals surface area contributed by atoms with E-state index in [4.69, 9.17) is 10.5 Å². The smallest absolute Gasteiger partial charge is 0.226 e. The van der Waals surface area contributed by atoms with Gasteiger partial charge in [-0.2, -0.15) is 4.98 Å². The van der Waals surface area contributed by atoms with Gasteiger partial charge in [-0.1, -0.05) is 18.2 Å². The van der Waals surface area contributed by atoms with Gasteiger partial charge in [0, 0.05) is 24.5 Å². The molecule has 1 aromatic carbocycles. The Bertz CT molecular complexity index is 542. The Morgan fingerprint density at radius 2 is 2.05 bits per heavy atom. The topological polar surface area (TPSA) is 73.1 Å². The molecule has 0 amide bonds. The first-order chi connectivity index (χ1) is 9.15. The molecular formula is C14H18N4O. The maximum Gasteiger partial charge on any atom is 0.226 e. The largest absolute Gasteiger partial charge is 0.475 e. The molecule has 0 aliphatic rings. The molecule has 0 bridgehead atoms. The number of ether oxygens (including phenoxy) is 1. The van der Waals surface area contributed by atoms with Crippen LogP contribution in [0.4, 0.5) is 11.6 Å². The number of nitrogens with zero attached hydrogens (tertiary/aromatic N) is 2. The van der Waals surface area contributed by atoms with Gasteiger partial charge in [0.15, 0.2) is 0 Å². The normalized spacial score (nSPS) is 10.5. The zero-order valence-corrected chi connectivity index (χ0v) is 11.1. The van der Waals surface area contributed by atoms with Crippen LogP contribution in [0.2, 0.25) is 0 Å². The molecule has 2 rings (SSSR count). The van der Waals surface area contributed by atoms with Crippen molar-refractivity contribution in [1.29, 1.82) is 0 Å². The van der Waals surface area contributed by atoms with Crippen LogP contribution in [-0.4, -0.2) is 16.1 Å². The van der Waals surface area contributed by atoms with Crippen molar-refractivity contribution in [3.63, 3.8) is 0 Å². The molecule has 0 saturated heterocycles. The van der Waals surface area contributed by atoms with Crippen LogP contribution in [0.3, 0.4) is 0 Å². The molecule has 2 aromatic rings.